The highest BCUT2D eigenvalue weighted by atomic mass is 127. The Hall–Kier alpha value is 1.16. The lowest BCUT2D eigenvalue weighted by molar-refractivity contribution is -0.00000690. The van der Waals surface area contributed by atoms with E-state index in [1.165, 1.54) is 128 Å². The van der Waals surface area contributed by atoms with E-state index in [4.69, 9.17) is 0 Å². The molecule has 31 heavy (non-hydrogen) atoms. The molecule has 0 bridgehead atoms. The van der Waals surface area contributed by atoms with E-state index < -0.39 is 7.26 Å². The van der Waals surface area contributed by atoms with Gasteiger partial charge in [-0.1, -0.05) is 130 Å². The predicted molar refractivity (Wildman–Crippen MR) is 146 cm³/mol. The van der Waals surface area contributed by atoms with E-state index in [1.54, 1.807) is 31.1 Å². The van der Waals surface area contributed by atoms with Crippen LogP contribution in [0.4, 0.5) is 0 Å². The summed E-state index contributed by atoms with van der Waals surface area (Å²) in [4.78, 5) is 0. The van der Waals surface area contributed by atoms with Crippen LogP contribution in [0.1, 0.15) is 163 Å². The molecule has 0 aliphatic rings. The van der Waals surface area contributed by atoms with E-state index >= 15 is 0 Å². The molecule has 0 aromatic carbocycles. The summed E-state index contributed by atoms with van der Waals surface area (Å²) >= 11 is 0. The van der Waals surface area contributed by atoms with Gasteiger partial charge in [0.15, 0.2) is 0 Å². The van der Waals surface area contributed by atoms with Gasteiger partial charge in [-0.25, -0.2) is 0 Å². The van der Waals surface area contributed by atoms with Gasteiger partial charge in [-0.3, -0.25) is 0 Å². The van der Waals surface area contributed by atoms with Gasteiger partial charge in [-0.2, -0.15) is 0 Å². The SMILES string of the molecule is CCCCCCCCCCCCCC[P+](CCCCC)(CCCCC)CCCCC.[I-]. The monoisotopic (exact) mass is 568 g/mol. The minimum Gasteiger partial charge on any atom is -1.00 e. The Kier molecular flexibility index (Phi) is 30.3. The number of rotatable bonds is 25. The summed E-state index contributed by atoms with van der Waals surface area (Å²) < 4.78 is 0. The van der Waals surface area contributed by atoms with E-state index in [1.807, 2.05) is 0 Å². The van der Waals surface area contributed by atoms with Crippen LogP contribution in [0.15, 0.2) is 0 Å². The maximum absolute atomic E-state index is 2.37. The third-order valence-electron chi connectivity index (χ3n) is 7.19. The molecule has 0 aromatic rings. The Bertz CT molecular complexity index is 291. The van der Waals surface area contributed by atoms with Crippen molar-refractivity contribution in [1.29, 1.82) is 0 Å². The molecular weight excluding hydrogens is 506 g/mol. The van der Waals surface area contributed by atoms with E-state index in [2.05, 4.69) is 27.7 Å². The van der Waals surface area contributed by atoms with Gasteiger partial charge in [0.05, 0.1) is 24.6 Å². The fraction of sp³-hybridized carbons (Fsp3) is 1.00. The molecule has 0 rings (SSSR count). The lowest BCUT2D eigenvalue weighted by atomic mass is 10.1. The molecule has 0 aliphatic heterocycles. The molecule has 0 radical (unpaired) electrons. The Morgan fingerprint density at radius 2 is 0.484 bits per heavy atom. The first-order valence-corrected chi connectivity index (χ1v) is 17.1. The summed E-state index contributed by atoms with van der Waals surface area (Å²) in [7, 11) is -0.665. The van der Waals surface area contributed by atoms with Gasteiger partial charge in [-0.05, 0) is 32.1 Å². The fourth-order valence-corrected chi connectivity index (χ4v) is 9.97. The van der Waals surface area contributed by atoms with Crippen molar-refractivity contribution in [2.45, 2.75) is 163 Å². The zero-order valence-corrected chi connectivity index (χ0v) is 25.6. The number of hydrogen-bond acceptors (Lipinski definition) is 0. The molecule has 0 heterocycles. The van der Waals surface area contributed by atoms with E-state index in [9.17, 15) is 0 Å². The first-order chi connectivity index (χ1) is 14.7. The Morgan fingerprint density at radius 3 is 0.774 bits per heavy atom. The van der Waals surface area contributed by atoms with E-state index in [0.717, 1.165) is 0 Å². The van der Waals surface area contributed by atoms with Crippen LogP contribution in [0.5, 0.6) is 0 Å². The second-order valence-electron chi connectivity index (χ2n) is 10.2. The van der Waals surface area contributed by atoms with Crippen molar-refractivity contribution in [3.8, 4) is 0 Å². The van der Waals surface area contributed by atoms with Crippen LogP contribution in [-0.4, -0.2) is 24.6 Å². The van der Waals surface area contributed by atoms with Crippen molar-refractivity contribution in [2.24, 2.45) is 0 Å². The smallest absolute Gasteiger partial charge is 0.0594 e. The quantitative estimate of drug-likeness (QED) is 0.0591. The first-order valence-electron chi connectivity index (χ1n) is 14.6. The standard InChI is InChI=1S/C29H62P.HI/c1-5-9-13-14-15-16-17-18-19-20-21-25-29-30(26-22-10-6-2,27-23-11-7-3)28-24-12-8-4;/h5-29H2,1-4H3;1H/q+1;/p-1. The van der Waals surface area contributed by atoms with E-state index in [0.29, 0.717) is 0 Å². The molecule has 0 spiro atoms. The molecule has 0 atom stereocenters. The summed E-state index contributed by atoms with van der Waals surface area (Å²) in [5.41, 5.74) is 0. The lowest BCUT2D eigenvalue weighted by Crippen LogP contribution is -3.00. The maximum Gasteiger partial charge on any atom is 0.0594 e. The van der Waals surface area contributed by atoms with Crippen LogP contribution in [0.2, 0.25) is 0 Å². The molecule has 0 saturated carbocycles. The lowest BCUT2D eigenvalue weighted by Gasteiger charge is -2.28. The van der Waals surface area contributed by atoms with Crippen molar-refractivity contribution in [3.05, 3.63) is 0 Å². The first kappa shape index (κ1) is 34.3. The third kappa shape index (κ3) is 22.7. The van der Waals surface area contributed by atoms with Gasteiger partial charge in [0.2, 0.25) is 0 Å². The normalized spacial score (nSPS) is 11.6. The van der Waals surface area contributed by atoms with Crippen LogP contribution < -0.4 is 24.0 Å². The Labute approximate surface area is 217 Å². The zero-order chi connectivity index (χ0) is 22.2. The molecule has 190 valence electrons. The minimum absolute atomic E-state index is 0. The topological polar surface area (TPSA) is 0 Å². The van der Waals surface area contributed by atoms with Crippen LogP contribution in [0, 0.1) is 0 Å². The van der Waals surface area contributed by atoms with Gasteiger partial charge >= 0.3 is 0 Å². The van der Waals surface area contributed by atoms with Crippen molar-refractivity contribution >= 4 is 7.26 Å². The average molecular weight is 569 g/mol. The summed E-state index contributed by atoms with van der Waals surface area (Å²) in [6.45, 7) is 9.44. The maximum atomic E-state index is 2.37. The summed E-state index contributed by atoms with van der Waals surface area (Å²) in [6, 6.07) is 0. The molecular formula is C29H62IP. The third-order valence-corrected chi connectivity index (χ3v) is 12.3. The van der Waals surface area contributed by atoms with Crippen LogP contribution in [0.3, 0.4) is 0 Å². The summed E-state index contributed by atoms with van der Waals surface area (Å²) in [6.07, 6.45) is 37.5. The molecule has 2 heteroatoms. The van der Waals surface area contributed by atoms with Crippen LogP contribution in [0.25, 0.3) is 0 Å². The minimum atomic E-state index is -0.665. The fourth-order valence-electron chi connectivity index (χ4n) is 5.05. The molecule has 0 N–H and O–H groups in total. The van der Waals surface area contributed by atoms with Crippen molar-refractivity contribution in [3.63, 3.8) is 0 Å². The van der Waals surface area contributed by atoms with Crippen LogP contribution >= 0.6 is 7.26 Å². The van der Waals surface area contributed by atoms with Gasteiger partial charge in [0.1, 0.15) is 0 Å². The second-order valence-corrected chi connectivity index (χ2v) is 14.7. The molecule has 0 aliphatic carbocycles. The summed E-state index contributed by atoms with van der Waals surface area (Å²) in [5.74, 6) is 0. The Balaban J connectivity index is 0. The number of halogens is 1. The molecule has 0 unspecified atom stereocenters. The highest BCUT2D eigenvalue weighted by molar-refractivity contribution is 7.75. The predicted octanol–water partition coefficient (Wildman–Crippen LogP) is 8.28. The molecule has 0 saturated heterocycles. The Morgan fingerprint density at radius 1 is 0.290 bits per heavy atom. The second kappa shape index (κ2) is 27.4. The van der Waals surface area contributed by atoms with Gasteiger partial charge < -0.3 is 24.0 Å². The van der Waals surface area contributed by atoms with Gasteiger partial charge in [0.25, 0.3) is 0 Å². The van der Waals surface area contributed by atoms with Gasteiger partial charge in [-0.15, -0.1) is 0 Å². The van der Waals surface area contributed by atoms with Crippen LogP contribution in [-0.2, 0) is 0 Å². The van der Waals surface area contributed by atoms with Gasteiger partial charge in [0, 0.05) is 7.26 Å². The largest absolute Gasteiger partial charge is 1.00 e. The molecule has 0 amide bonds. The average Bonchev–Trinajstić information content (AvgIpc) is 2.75. The molecule has 0 nitrogen and oxygen atoms in total. The highest BCUT2D eigenvalue weighted by Gasteiger charge is 2.34. The van der Waals surface area contributed by atoms with Crippen molar-refractivity contribution in [1.82, 2.24) is 0 Å². The highest BCUT2D eigenvalue weighted by Crippen LogP contribution is 2.61. The van der Waals surface area contributed by atoms with Crippen molar-refractivity contribution in [2.75, 3.05) is 24.6 Å². The summed E-state index contributed by atoms with van der Waals surface area (Å²) in [5, 5.41) is 0. The molecule has 0 aromatic heterocycles. The van der Waals surface area contributed by atoms with E-state index in [-0.39, 0.29) is 24.0 Å². The van der Waals surface area contributed by atoms with Crippen molar-refractivity contribution < 1.29 is 24.0 Å². The number of hydrogen-bond donors (Lipinski definition) is 0. The number of unbranched alkanes of at least 4 members (excludes halogenated alkanes) is 17. The molecule has 0 fully saturated rings. The zero-order valence-electron chi connectivity index (χ0n) is 22.5.